The Balaban J connectivity index is 1.71. The summed E-state index contributed by atoms with van der Waals surface area (Å²) in [4.78, 5) is 29.6. The first-order valence-corrected chi connectivity index (χ1v) is 16.3. The summed E-state index contributed by atoms with van der Waals surface area (Å²) in [5.41, 5.74) is 4.13. The summed E-state index contributed by atoms with van der Waals surface area (Å²) in [6.45, 7) is 7.42. The highest BCUT2D eigenvalue weighted by molar-refractivity contribution is 7.92. The van der Waals surface area contributed by atoms with E-state index in [1.807, 2.05) is 58.0 Å². The number of amides is 2. The monoisotopic (exact) mass is 589 g/mol. The van der Waals surface area contributed by atoms with Crippen molar-refractivity contribution in [3.05, 3.63) is 95.1 Å². The average Bonchev–Trinajstić information content (AvgIpc) is 2.97. The van der Waals surface area contributed by atoms with Crippen LogP contribution in [0.1, 0.15) is 67.7 Å². The van der Waals surface area contributed by atoms with E-state index < -0.39 is 28.5 Å². The zero-order valence-electron chi connectivity index (χ0n) is 25.2. The van der Waals surface area contributed by atoms with Crippen molar-refractivity contribution in [2.75, 3.05) is 10.8 Å². The number of hydrogen-bond donors (Lipinski definition) is 1. The van der Waals surface area contributed by atoms with Crippen molar-refractivity contribution >= 4 is 27.5 Å². The van der Waals surface area contributed by atoms with E-state index in [-0.39, 0.29) is 23.4 Å². The Kier molecular flexibility index (Phi) is 10.4. The molecule has 1 N–H and O–H groups in total. The molecular weight excluding hydrogens is 546 g/mol. The molecule has 0 saturated heterocycles. The lowest BCUT2D eigenvalue weighted by Gasteiger charge is -2.34. The van der Waals surface area contributed by atoms with E-state index in [1.54, 1.807) is 47.4 Å². The van der Waals surface area contributed by atoms with Gasteiger partial charge in [0.2, 0.25) is 11.8 Å². The molecule has 3 aromatic rings. The van der Waals surface area contributed by atoms with Crippen molar-refractivity contribution in [1.82, 2.24) is 10.2 Å². The molecule has 7 nitrogen and oxygen atoms in total. The minimum Gasteiger partial charge on any atom is -0.352 e. The molecule has 0 radical (unpaired) electrons. The maximum Gasteiger partial charge on any atom is 0.264 e. The van der Waals surface area contributed by atoms with Crippen molar-refractivity contribution in [3.63, 3.8) is 0 Å². The standard InChI is InChI=1S/C34H43N3O4S/c1-5-32(34(39)35-29-15-7-6-8-16-29)36(23-28-14-10-9-13-27(28)4)33(38)24-37(30-17-11-12-26(3)22-30)42(40,41)31-20-18-25(2)19-21-31/h9-14,17-22,29,32H,5-8,15-16,23-24H2,1-4H3,(H,35,39)/t32-/m0/s1. The number of rotatable bonds is 11. The summed E-state index contributed by atoms with van der Waals surface area (Å²) < 4.78 is 29.2. The van der Waals surface area contributed by atoms with Crippen LogP contribution in [-0.2, 0) is 26.2 Å². The zero-order chi connectivity index (χ0) is 30.3. The van der Waals surface area contributed by atoms with Gasteiger partial charge >= 0.3 is 0 Å². The predicted molar refractivity (Wildman–Crippen MR) is 168 cm³/mol. The third kappa shape index (κ3) is 7.59. The molecule has 1 fully saturated rings. The van der Waals surface area contributed by atoms with Gasteiger partial charge in [-0.15, -0.1) is 0 Å². The molecule has 8 heteroatoms. The Morgan fingerprint density at radius 3 is 2.21 bits per heavy atom. The second-order valence-electron chi connectivity index (χ2n) is 11.4. The number of sulfonamides is 1. The van der Waals surface area contributed by atoms with Gasteiger partial charge in [-0.25, -0.2) is 8.42 Å². The summed E-state index contributed by atoms with van der Waals surface area (Å²) in [5, 5.41) is 3.19. The molecule has 0 aromatic heterocycles. The number of aryl methyl sites for hydroxylation is 3. The van der Waals surface area contributed by atoms with Crippen LogP contribution in [-0.4, -0.2) is 43.8 Å². The van der Waals surface area contributed by atoms with Gasteiger partial charge in [0, 0.05) is 12.6 Å². The lowest BCUT2D eigenvalue weighted by Crippen LogP contribution is -2.54. The number of nitrogens with zero attached hydrogens (tertiary/aromatic N) is 2. The van der Waals surface area contributed by atoms with Crippen molar-refractivity contribution < 1.29 is 18.0 Å². The smallest absolute Gasteiger partial charge is 0.264 e. The first-order valence-electron chi connectivity index (χ1n) is 14.9. The maximum absolute atomic E-state index is 14.3. The van der Waals surface area contributed by atoms with Gasteiger partial charge in [-0.2, -0.15) is 0 Å². The van der Waals surface area contributed by atoms with Crippen LogP contribution in [0.25, 0.3) is 0 Å². The van der Waals surface area contributed by atoms with Gasteiger partial charge in [0.25, 0.3) is 10.0 Å². The number of anilines is 1. The first-order chi connectivity index (χ1) is 20.1. The van der Waals surface area contributed by atoms with E-state index in [0.717, 1.165) is 47.9 Å². The van der Waals surface area contributed by atoms with E-state index in [2.05, 4.69) is 5.32 Å². The van der Waals surface area contributed by atoms with Crippen LogP contribution in [0.5, 0.6) is 0 Å². The summed E-state index contributed by atoms with van der Waals surface area (Å²) in [5.74, 6) is -0.615. The van der Waals surface area contributed by atoms with Crippen LogP contribution in [0.2, 0.25) is 0 Å². The van der Waals surface area contributed by atoms with Crippen molar-refractivity contribution in [3.8, 4) is 0 Å². The molecule has 0 spiro atoms. The minimum absolute atomic E-state index is 0.0985. The van der Waals surface area contributed by atoms with Gasteiger partial charge in [0.15, 0.2) is 0 Å². The van der Waals surface area contributed by atoms with Gasteiger partial charge in [-0.3, -0.25) is 13.9 Å². The van der Waals surface area contributed by atoms with E-state index >= 15 is 0 Å². The average molecular weight is 590 g/mol. The Hall–Kier alpha value is -3.65. The first kappa shape index (κ1) is 31.3. The van der Waals surface area contributed by atoms with Gasteiger partial charge in [0.05, 0.1) is 10.6 Å². The van der Waals surface area contributed by atoms with Crippen molar-refractivity contribution in [2.45, 2.75) is 89.7 Å². The molecule has 1 aliphatic rings. The second kappa shape index (κ2) is 14.0. The summed E-state index contributed by atoms with van der Waals surface area (Å²) in [6.07, 6.45) is 5.61. The van der Waals surface area contributed by atoms with E-state index in [4.69, 9.17) is 0 Å². The molecule has 0 heterocycles. The Morgan fingerprint density at radius 1 is 0.881 bits per heavy atom. The van der Waals surface area contributed by atoms with E-state index in [9.17, 15) is 18.0 Å². The molecule has 1 aliphatic carbocycles. The topological polar surface area (TPSA) is 86.8 Å². The minimum atomic E-state index is -4.09. The number of hydrogen-bond acceptors (Lipinski definition) is 4. The Labute approximate surface area is 251 Å². The van der Waals surface area contributed by atoms with Crippen LogP contribution >= 0.6 is 0 Å². The normalized spacial score (nSPS) is 14.7. The summed E-state index contributed by atoms with van der Waals surface area (Å²) in [7, 11) is -4.09. The SMILES string of the molecule is CC[C@@H](C(=O)NC1CCCCC1)N(Cc1ccccc1C)C(=O)CN(c1cccc(C)c1)S(=O)(=O)c1ccc(C)cc1. The van der Waals surface area contributed by atoms with E-state index in [0.29, 0.717) is 12.1 Å². The lowest BCUT2D eigenvalue weighted by molar-refractivity contribution is -0.140. The highest BCUT2D eigenvalue weighted by Gasteiger charge is 2.34. The highest BCUT2D eigenvalue weighted by atomic mass is 32.2. The van der Waals surface area contributed by atoms with Gasteiger partial charge in [0.1, 0.15) is 12.6 Å². The van der Waals surface area contributed by atoms with Crippen molar-refractivity contribution in [1.29, 1.82) is 0 Å². The van der Waals surface area contributed by atoms with Crippen LogP contribution < -0.4 is 9.62 Å². The summed E-state index contributed by atoms with van der Waals surface area (Å²) in [6, 6.07) is 20.9. The molecule has 0 unspecified atom stereocenters. The van der Waals surface area contributed by atoms with Crippen LogP contribution in [0.4, 0.5) is 5.69 Å². The fourth-order valence-electron chi connectivity index (χ4n) is 5.58. The highest BCUT2D eigenvalue weighted by Crippen LogP contribution is 2.26. The molecule has 3 aromatic carbocycles. The molecule has 0 aliphatic heterocycles. The third-order valence-corrected chi connectivity index (χ3v) is 9.90. The summed E-state index contributed by atoms with van der Waals surface area (Å²) >= 11 is 0. The van der Waals surface area contributed by atoms with Crippen LogP contribution in [0.15, 0.2) is 77.7 Å². The fourth-order valence-corrected chi connectivity index (χ4v) is 6.99. The maximum atomic E-state index is 14.3. The zero-order valence-corrected chi connectivity index (χ0v) is 26.0. The van der Waals surface area contributed by atoms with Crippen LogP contribution in [0.3, 0.4) is 0 Å². The Bertz CT molecular complexity index is 1480. The molecule has 0 bridgehead atoms. The number of nitrogens with one attached hydrogen (secondary N) is 1. The molecule has 224 valence electrons. The largest absolute Gasteiger partial charge is 0.352 e. The third-order valence-electron chi connectivity index (χ3n) is 8.12. The van der Waals surface area contributed by atoms with Gasteiger partial charge in [-0.05, 0) is 81.0 Å². The molecule has 1 atom stereocenters. The predicted octanol–water partition coefficient (Wildman–Crippen LogP) is 6.06. The molecule has 42 heavy (non-hydrogen) atoms. The number of carbonyl (C=O) groups is 2. The lowest BCUT2D eigenvalue weighted by atomic mass is 9.95. The molecule has 1 saturated carbocycles. The molecular formula is C34H43N3O4S. The number of carbonyl (C=O) groups excluding carboxylic acids is 2. The van der Waals surface area contributed by atoms with Crippen LogP contribution in [0, 0.1) is 20.8 Å². The number of benzene rings is 3. The Morgan fingerprint density at radius 2 is 1.57 bits per heavy atom. The molecule has 2 amide bonds. The van der Waals surface area contributed by atoms with E-state index in [1.165, 1.54) is 10.7 Å². The second-order valence-corrected chi connectivity index (χ2v) is 13.2. The quantitative estimate of drug-likeness (QED) is 0.294. The van der Waals surface area contributed by atoms with Crippen molar-refractivity contribution in [2.24, 2.45) is 0 Å². The molecule has 4 rings (SSSR count). The van der Waals surface area contributed by atoms with Gasteiger partial charge < -0.3 is 10.2 Å². The van der Waals surface area contributed by atoms with Gasteiger partial charge in [-0.1, -0.05) is 80.3 Å². The fraction of sp³-hybridized carbons (Fsp3) is 0.412.